The van der Waals surface area contributed by atoms with Crippen molar-refractivity contribution in [3.8, 4) is 0 Å². The number of alkyl halides is 3. The molecule has 1 saturated heterocycles. The molecule has 1 atom stereocenters. The first kappa shape index (κ1) is 12.6. The lowest BCUT2D eigenvalue weighted by Gasteiger charge is -2.22. The minimum Gasteiger partial charge on any atom is -0.420 e. The van der Waals surface area contributed by atoms with Crippen LogP contribution in [0.2, 0.25) is 6.04 Å². The maximum absolute atomic E-state index is 12.8. The lowest BCUT2D eigenvalue weighted by molar-refractivity contribution is -0.138. The first-order valence-corrected chi connectivity index (χ1v) is 7.94. The van der Waals surface area contributed by atoms with Crippen LogP contribution in [0.15, 0.2) is 24.3 Å². The molecule has 0 radical (unpaired) electrons. The van der Waals surface area contributed by atoms with Crippen LogP contribution in [0.1, 0.15) is 24.0 Å². The molecule has 0 saturated carbocycles. The zero-order chi connectivity index (χ0) is 12.3. The Balaban J connectivity index is 2.14. The van der Waals surface area contributed by atoms with Gasteiger partial charge in [0.15, 0.2) is 9.04 Å². The van der Waals surface area contributed by atoms with Crippen molar-refractivity contribution in [2.24, 2.45) is 0 Å². The first-order chi connectivity index (χ1) is 8.07. The lowest BCUT2D eigenvalue weighted by atomic mass is 10.1. The minimum absolute atomic E-state index is 0.401. The molecule has 1 aromatic rings. The van der Waals surface area contributed by atoms with E-state index in [1.54, 1.807) is 12.1 Å². The summed E-state index contributed by atoms with van der Waals surface area (Å²) in [6.07, 6.45) is -2.10. The summed E-state index contributed by atoms with van der Waals surface area (Å²) in [5.41, 5.74) is -0.0970. The molecule has 0 amide bonds. The Morgan fingerprint density at radius 3 is 2.59 bits per heavy atom. The Bertz CT molecular complexity index is 372. The second-order valence-electron chi connectivity index (χ2n) is 4.35. The van der Waals surface area contributed by atoms with Gasteiger partial charge in [0.2, 0.25) is 0 Å². The molecule has 5 heteroatoms. The smallest absolute Gasteiger partial charge is 0.416 e. The average Bonchev–Trinajstić information content (AvgIpc) is 2.30. The Morgan fingerprint density at radius 2 is 1.94 bits per heavy atom. The molecule has 1 aliphatic rings. The molecule has 1 heterocycles. The topological polar surface area (TPSA) is 9.23 Å². The van der Waals surface area contributed by atoms with Crippen LogP contribution in [0, 0.1) is 0 Å². The summed E-state index contributed by atoms with van der Waals surface area (Å²) in [5.74, 6) is 0. The molecule has 1 aromatic carbocycles. The zero-order valence-electron chi connectivity index (χ0n) is 9.46. The van der Waals surface area contributed by atoms with E-state index in [9.17, 15) is 13.2 Å². The molecule has 94 valence electrons. The van der Waals surface area contributed by atoms with E-state index >= 15 is 0 Å². The van der Waals surface area contributed by atoms with Crippen molar-refractivity contribution in [1.82, 2.24) is 0 Å². The average molecular weight is 260 g/mol. The quantitative estimate of drug-likeness (QED) is 0.741. The van der Waals surface area contributed by atoms with Gasteiger partial charge in [-0.2, -0.15) is 13.2 Å². The third-order valence-corrected chi connectivity index (χ3v) is 5.70. The van der Waals surface area contributed by atoms with E-state index in [4.69, 9.17) is 4.43 Å². The molecular formula is C12H15F3OSi. The van der Waals surface area contributed by atoms with Gasteiger partial charge in [0.1, 0.15) is 0 Å². The summed E-state index contributed by atoms with van der Waals surface area (Å²) >= 11 is 0. The number of rotatable bonds is 2. The van der Waals surface area contributed by atoms with E-state index in [-0.39, 0.29) is 0 Å². The second-order valence-corrected chi connectivity index (χ2v) is 6.91. The molecule has 1 aliphatic heterocycles. The van der Waals surface area contributed by atoms with Gasteiger partial charge in [-0.3, -0.25) is 0 Å². The van der Waals surface area contributed by atoms with Crippen LogP contribution < -0.4 is 0 Å². The largest absolute Gasteiger partial charge is 0.420 e. The SMILES string of the molecule is FC(F)(F)c1ccccc1C[SiH]1CCCCO1. The van der Waals surface area contributed by atoms with Gasteiger partial charge in [-0.1, -0.05) is 24.6 Å². The van der Waals surface area contributed by atoms with Crippen molar-refractivity contribution in [2.75, 3.05) is 6.61 Å². The predicted octanol–water partition coefficient (Wildman–Crippen LogP) is 3.32. The van der Waals surface area contributed by atoms with E-state index in [1.165, 1.54) is 6.07 Å². The highest BCUT2D eigenvalue weighted by Gasteiger charge is 2.33. The summed E-state index contributed by atoms with van der Waals surface area (Å²) in [6, 6.07) is 7.33. The van der Waals surface area contributed by atoms with Crippen molar-refractivity contribution in [2.45, 2.75) is 31.1 Å². The van der Waals surface area contributed by atoms with Crippen LogP contribution in [-0.4, -0.2) is 15.6 Å². The number of benzene rings is 1. The van der Waals surface area contributed by atoms with E-state index in [1.807, 2.05) is 0 Å². The lowest BCUT2D eigenvalue weighted by Crippen LogP contribution is -2.27. The number of halogens is 3. The van der Waals surface area contributed by atoms with Gasteiger partial charge in [-0.25, -0.2) is 0 Å². The van der Waals surface area contributed by atoms with Crippen LogP contribution in [0.3, 0.4) is 0 Å². The number of hydrogen-bond donors (Lipinski definition) is 0. The van der Waals surface area contributed by atoms with Crippen molar-refractivity contribution < 1.29 is 17.6 Å². The molecule has 17 heavy (non-hydrogen) atoms. The van der Waals surface area contributed by atoms with Crippen molar-refractivity contribution in [3.05, 3.63) is 35.4 Å². The summed E-state index contributed by atoms with van der Waals surface area (Å²) < 4.78 is 44.0. The van der Waals surface area contributed by atoms with Gasteiger partial charge < -0.3 is 4.43 Å². The van der Waals surface area contributed by atoms with E-state index in [0.717, 1.165) is 31.6 Å². The van der Waals surface area contributed by atoms with Crippen LogP contribution in [0.25, 0.3) is 0 Å². The highest BCUT2D eigenvalue weighted by atomic mass is 28.3. The fourth-order valence-electron chi connectivity index (χ4n) is 2.19. The standard InChI is InChI=1S/C12H15F3OSi/c13-12(14,15)11-6-2-1-5-10(11)9-17-8-4-3-7-16-17/h1-2,5-6,17H,3-4,7-9H2. The Morgan fingerprint density at radius 1 is 1.18 bits per heavy atom. The van der Waals surface area contributed by atoms with E-state index in [0.29, 0.717) is 11.6 Å². The Hall–Kier alpha value is -0.813. The van der Waals surface area contributed by atoms with Gasteiger partial charge in [0.25, 0.3) is 0 Å². The molecule has 2 rings (SSSR count). The maximum atomic E-state index is 12.8. The maximum Gasteiger partial charge on any atom is 0.416 e. The number of hydrogen-bond acceptors (Lipinski definition) is 1. The van der Waals surface area contributed by atoms with E-state index in [2.05, 4.69) is 0 Å². The molecule has 0 N–H and O–H groups in total. The van der Waals surface area contributed by atoms with Gasteiger partial charge in [-0.05, 0) is 30.1 Å². The molecule has 1 fully saturated rings. The summed E-state index contributed by atoms with van der Waals surface area (Å²) in [7, 11) is -1.45. The fraction of sp³-hybridized carbons (Fsp3) is 0.500. The third-order valence-electron chi connectivity index (χ3n) is 3.04. The molecular weight excluding hydrogens is 245 g/mol. The van der Waals surface area contributed by atoms with Crippen molar-refractivity contribution >= 4 is 9.04 Å². The predicted molar refractivity (Wildman–Crippen MR) is 62.3 cm³/mol. The first-order valence-electron chi connectivity index (χ1n) is 5.84. The van der Waals surface area contributed by atoms with Crippen LogP contribution in [0.5, 0.6) is 0 Å². The summed E-state index contributed by atoms with van der Waals surface area (Å²) in [4.78, 5) is 0. The molecule has 0 spiro atoms. The molecule has 0 aromatic heterocycles. The Labute approximate surface area is 100 Å². The van der Waals surface area contributed by atoms with Gasteiger partial charge in [0.05, 0.1) is 5.56 Å². The highest BCUT2D eigenvalue weighted by Crippen LogP contribution is 2.32. The van der Waals surface area contributed by atoms with Crippen LogP contribution in [-0.2, 0) is 16.6 Å². The van der Waals surface area contributed by atoms with E-state index < -0.39 is 20.8 Å². The van der Waals surface area contributed by atoms with Gasteiger partial charge in [-0.15, -0.1) is 0 Å². The monoisotopic (exact) mass is 260 g/mol. The van der Waals surface area contributed by atoms with Crippen LogP contribution in [0.4, 0.5) is 13.2 Å². The highest BCUT2D eigenvalue weighted by molar-refractivity contribution is 6.51. The van der Waals surface area contributed by atoms with Crippen molar-refractivity contribution in [1.29, 1.82) is 0 Å². The Kier molecular flexibility index (Phi) is 3.88. The fourth-order valence-corrected chi connectivity index (χ4v) is 4.77. The van der Waals surface area contributed by atoms with Gasteiger partial charge >= 0.3 is 6.18 Å². The summed E-state index contributed by atoms with van der Waals surface area (Å²) in [5, 5.41) is 0. The molecule has 1 unspecified atom stereocenters. The minimum atomic E-state index is -4.25. The third kappa shape index (κ3) is 3.32. The van der Waals surface area contributed by atoms with Crippen LogP contribution >= 0.6 is 0 Å². The summed E-state index contributed by atoms with van der Waals surface area (Å²) in [6.45, 7) is 0.727. The normalized spacial score (nSPS) is 21.5. The van der Waals surface area contributed by atoms with Crippen molar-refractivity contribution in [3.63, 3.8) is 0 Å². The van der Waals surface area contributed by atoms with Gasteiger partial charge in [0, 0.05) is 6.61 Å². The zero-order valence-corrected chi connectivity index (χ0v) is 10.6. The molecule has 0 bridgehead atoms. The molecule has 0 aliphatic carbocycles. The molecule has 1 nitrogen and oxygen atoms in total. The second kappa shape index (κ2) is 5.22.